The normalized spacial score (nSPS) is 30.1. The van der Waals surface area contributed by atoms with Gasteiger partial charge in [-0.25, -0.2) is 19.3 Å². The summed E-state index contributed by atoms with van der Waals surface area (Å²) in [6, 6.07) is 7.04. The lowest BCUT2D eigenvalue weighted by Crippen LogP contribution is -2.32. The van der Waals surface area contributed by atoms with Crippen LogP contribution in [-0.4, -0.2) is 37.5 Å². The summed E-state index contributed by atoms with van der Waals surface area (Å²) in [5.41, 5.74) is 14.1. The topological polar surface area (TPSA) is 114 Å². The van der Waals surface area contributed by atoms with Gasteiger partial charge >= 0.3 is 0 Å². The van der Waals surface area contributed by atoms with Gasteiger partial charge in [0, 0.05) is 17.0 Å². The fourth-order valence-corrected chi connectivity index (χ4v) is 6.81. The Balaban J connectivity index is 1.22. The molecule has 8 nitrogen and oxygen atoms in total. The highest BCUT2D eigenvalue weighted by Crippen LogP contribution is 2.73. The highest BCUT2D eigenvalue weighted by atomic mass is 35.5. The summed E-state index contributed by atoms with van der Waals surface area (Å²) in [6.45, 7) is 3.92. The van der Waals surface area contributed by atoms with Crippen molar-refractivity contribution in [3.8, 4) is 0 Å². The van der Waals surface area contributed by atoms with E-state index in [-0.39, 0.29) is 40.3 Å². The van der Waals surface area contributed by atoms with E-state index >= 15 is 0 Å². The van der Waals surface area contributed by atoms with E-state index in [1.54, 1.807) is 6.07 Å². The molecule has 3 aliphatic rings. The number of hydrogen-bond acceptors (Lipinski definition) is 7. The van der Waals surface area contributed by atoms with Crippen LogP contribution in [0.5, 0.6) is 0 Å². The number of aryl methyl sites for hydroxylation is 1. The lowest BCUT2D eigenvalue weighted by Gasteiger charge is -2.24. The van der Waals surface area contributed by atoms with E-state index in [0.29, 0.717) is 29.1 Å². The third-order valence-corrected chi connectivity index (χ3v) is 8.59. The zero-order chi connectivity index (χ0) is 25.0. The van der Waals surface area contributed by atoms with Crippen molar-refractivity contribution >= 4 is 45.2 Å². The summed E-state index contributed by atoms with van der Waals surface area (Å²) in [5, 5.41) is 1.46. The number of fused-ring (bicyclic) bond motifs is 5. The molecule has 36 heavy (non-hydrogen) atoms. The van der Waals surface area contributed by atoms with Crippen molar-refractivity contribution in [1.82, 2.24) is 19.5 Å². The Bertz CT molecular complexity index is 1560. The molecule has 4 aromatic rings. The van der Waals surface area contributed by atoms with Crippen molar-refractivity contribution in [2.24, 2.45) is 11.3 Å². The smallest absolute Gasteiger partial charge is 0.163 e. The maximum atomic E-state index is 14.9. The molecule has 7 rings (SSSR count). The highest BCUT2D eigenvalue weighted by molar-refractivity contribution is 6.33. The minimum Gasteiger partial charge on any atom is -0.383 e. The molecule has 4 N–H and O–H groups in total. The van der Waals surface area contributed by atoms with Crippen LogP contribution in [0.1, 0.15) is 38.3 Å². The summed E-state index contributed by atoms with van der Waals surface area (Å²) in [6.07, 6.45) is 5.90. The van der Waals surface area contributed by atoms with Gasteiger partial charge in [0.25, 0.3) is 0 Å². The molecule has 0 radical (unpaired) electrons. The van der Waals surface area contributed by atoms with Crippen LogP contribution in [-0.2, 0) is 15.9 Å². The van der Waals surface area contributed by atoms with Crippen LogP contribution in [0, 0.1) is 17.2 Å². The molecule has 186 valence electrons. The van der Waals surface area contributed by atoms with Gasteiger partial charge in [0.2, 0.25) is 0 Å². The minimum atomic E-state index is -0.680. The van der Waals surface area contributed by atoms with E-state index in [4.69, 9.17) is 32.5 Å². The number of ether oxygens (including phenoxy) is 2. The molecule has 2 aliphatic carbocycles. The number of hydrogen-bond donors (Lipinski definition) is 2. The molecule has 3 fully saturated rings. The number of nitrogens with zero attached hydrogens (tertiary/aromatic N) is 4. The molecule has 0 unspecified atom stereocenters. The van der Waals surface area contributed by atoms with Crippen LogP contribution in [0.3, 0.4) is 0 Å². The van der Waals surface area contributed by atoms with Gasteiger partial charge in [0.05, 0.1) is 28.1 Å². The van der Waals surface area contributed by atoms with Crippen molar-refractivity contribution in [3.63, 3.8) is 0 Å². The zero-order valence-electron chi connectivity index (χ0n) is 19.9. The summed E-state index contributed by atoms with van der Waals surface area (Å²) in [4.78, 5) is 12.9. The molecule has 3 aromatic heterocycles. The number of nitrogens with two attached hydrogens (primary N) is 2. The van der Waals surface area contributed by atoms with Gasteiger partial charge < -0.3 is 25.5 Å². The fourth-order valence-electron chi connectivity index (χ4n) is 6.66. The van der Waals surface area contributed by atoms with Crippen LogP contribution < -0.4 is 11.5 Å². The average molecular weight is 509 g/mol. The second-order valence-corrected chi connectivity index (χ2v) is 11.2. The van der Waals surface area contributed by atoms with E-state index in [1.807, 2.05) is 32.2 Å². The number of halogens is 2. The molecule has 4 heterocycles. The van der Waals surface area contributed by atoms with Crippen molar-refractivity contribution in [1.29, 1.82) is 0 Å². The van der Waals surface area contributed by atoms with Crippen LogP contribution in [0.2, 0.25) is 5.02 Å². The van der Waals surface area contributed by atoms with E-state index in [9.17, 15) is 4.39 Å². The van der Waals surface area contributed by atoms with Crippen molar-refractivity contribution < 1.29 is 13.9 Å². The Kier molecular flexibility index (Phi) is 4.49. The second kappa shape index (κ2) is 7.27. The van der Waals surface area contributed by atoms with Gasteiger partial charge in [-0.3, -0.25) is 0 Å². The Morgan fingerprint density at radius 3 is 2.81 bits per heavy atom. The molecular weight excluding hydrogens is 483 g/mol. The maximum Gasteiger partial charge on any atom is 0.163 e. The van der Waals surface area contributed by atoms with Crippen LogP contribution in [0.4, 0.5) is 16.0 Å². The average Bonchev–Trinajstić information content (AvgIpc) is 3.08. The molecule has 1 aliphatic heterocycles. The van der Waals surface area contributed by atoms with Gasteiger partial charge in [-0.05, 0) is 68.9 Å². The van der Waals surface area contributed by atoms with Crippen LogP contribution >= 0.6 is 11.6 Å². The molecule has 1 saturated heterocycles. The Hall–Kier alpha value is -3.01. The van der Waals surface area contributed by atoms with Gasteiger partial charge in [-0.2, -0.15) is 0 Å². The number of pyridine rings is 1. The third-order valence-electron chi connectivity index (χ3n) is 8.29. The molecule has 0 spiro atoms. The number of aromatic nitrogens is 4. The quantitative estimate of drug-likeness (QED) is 0.412. The standard InChI is InChI=1S/C26H26ClFN6O2/c1-25(2)35-20-19(34-6-4-13-22(29)31-11-32-24(13)34)15-10-26(15,21(20)36-25)5-3-12-7-17(28)14-9-16(27)23(30)33-18(14)8-12/h4,6-9,11,15,19-21H,3,5,10H2,1-2H3,(H2,30,33)(H2,29,31,32)/t15-,19-,20+,21+,26-/m1/s1. The van der Waals surface area contributed by atoms with E-state index in [1.165, 1.54) is 12.4 Å². The van der Waals surface area contributed by atoms with E-state index in [0.717, 1.165) is 29.4 Å². The largest absolute Gasteiger partial charge is 0.383 e. The van der Waals surface area contributed by atoms with Gasteiger partial charge in [-0.1, -0.05) is 11.6 Å². The second-order valence-electron chi connectivity index (χ2n) is 10.8. The number of nitrogen functional groups attached to an aromatic ring is 2. The van der Waals surface area contributed by atoms with Crippen LogP contribution in [0.15, 0.2) is 36.8 Å². The van der Waals surface area contributed by atoms with Crippen molar-refractivity contribution in [2.75, 3.05) is 11.5 Å². The first-order valence-corrected chi connectivity index (χ1v) is 12.5. The monoisotopic (exact) mass is 508 g/mol. The SMILES string of the molecule is CC1(C)O[C@H]2[C@H](n3ccc4c(N)ncnc43)[C@H]3C[C@@]3(CCc3cc(F)c4cc(Cl)c(N)nc4c3)[C@H]2O1. The van der Waals surface area contributed by atoms with Crippen molar-refractivity contribution in [3.05, 3.63) is 53.2 Å². The number of anilines is 2. The van der Waals surface area contributed by atoms with Gasteiger partial charge in [0.15, 0.2) is 5.79 Å². The molecular formula is C26H26ClFN6O2. The number of benzene rings is 1. The molecule has 2 saturated carbocycles. The fraction of sp³-hybridized carbons (Fsp3) is 0.423. The zero-order valence-corrected chi connectivity index (χ0v) is 20.7. The van der Waals surface area contributed by atoms with Crippen molar-refractivity contribution in [2.45, 2.75) is 57.1 Å². The number of rotatable bonds is 4. The molecule has 10 heteroatoms. The summed E-state index contributed by atoms with van der Waals surface area (Å²) in [7, 11) is 0. The predicted octanol–water partition coefficient (Wildman–Crippen LogP) is 4.65. The highest BCUT2D eigenvalue weighted by Gasteiger charge is 2.75. The first kappa shape index (κ1) is 22.2. The molecule has 0 amide bonds. The van der Waals surface area contributed by atoms with E-state index in [2.05, 4.69) is 19.5 Å². The van der Waals surface area contributed by atoms with Crippen LogP contribution in [0.25, 0.3) is 21.9 Å². The van der Waals surface area contributed by atoms with Gasteiger partial charge in [0.1, 0.15) is 35.5 Å². The lowest BCUT2D eigenvalue weighted by molar-refractivity contribution is -0.161. The molecule has 1 aromatic carbocycles. The summed E-state index contributed by atoms with van der Waals surface area (Å²) < 4.78 is 30.0. The predicted molar refractivity (Wildman–Crippen MR) is 135 cm³/mol. The lowest BCUT2D eigenvalue weighted by atomic mass is 9.91. The molecule has 0 bridgehead atoms. The first-order valence-electron chi connectivity index (χ1n) is 12.1. The van der Waals surface area contributed by atoms with E-state index < -0.39 is 5.79 Å². The first-order chi connectivity index (χ1) is 17.2. The molecule has 5 atom stereocenters. The maximum absolute atomic E-state index is 14.9. The Labute approximate surface area is 211 Å². The Morgan fingerprint density at radius 1 is 1.14 bits per heavy atom. The Morgan fingerprint density at radius 2 is 1.97 bits per heavy atom. The summed E-state index contributed by atoms with van der Waals surface area (Å²) in [5.74, 6) is -0.00544. The summed E-state index contributed by atoms with van der Waals surface area (Å²) >= 11 is 6.05. The van der Waals surface area contributed by atoms with Gasteiger partial charge in [-0.15, -0.1) is 0 Å². The third kappa shape index (κ3) is 3.09. The minimum absolute atomic E-state index is 0.0583.